The fourth-order valence-electron chi connectivity index (χ4n) is 2.49. The van der Waals surface area contributed by atoms with E-state index in [4.69, 9.17) is 0 Å². The van der Waals surface area contributed by atoms with Crippen LogP contribution in [-0.2, 0) is 13.0 Å². The maximum Gasteiger partial charge on any atom is 0.115 e. The van der Waals surface area contributed by atoms with Crippen molar-refractivity contribution in [1.82, 2.24) is 10.2 Å². The fourth-order valence-corrected chi connectivity index (χ4v) is 2.49. The first-order chi connectivity index (χ1) is 8.22. The highest BCUT2D eigenvalue weighted by Crippen LogP contribution is 2.21. The van der Waals surface area contributed by atoms with Crippen LogP contribution in [0.15, 0.2) is 18.2 Å². The third-order valence-electron chi connectivity index (χ3n) is 3.61. The highest BCUT2D eigenvalue weighted by atomic mass is 16.3. The summed E-state index contributed by atoms with van der Waals surface area (Å²) in [5, 5.41) is 13.1. The summed E-state index contributed by atoms with van der Waals surface area (Å²) in [6.07, 6.45) is 1.01. The number of fused-ring (bicyclic) bond motifs is 1. The van der Waals surface area contributed by atoms with Crippen LogP contribution >= 0.6 is 0 Å². The molecule has 0 radical (unpaired) electrons. The van der Waals surface area contributed by atoms with Gasteiger partial charge in [0.25, 0.3) is 0 Å². The lowest BCUT2D eigenvalue weighted by atomic mass is 9.95. The van der Waals surface area contributed by atoms with Gasteiger partial charge in [-0.2, -0.15) is 0 Å². The molecule has 1 aromatic carbocycles. The number of hydrogen-bond acceptors (Lipinski definition) is 3. The average molecular weight is 234 g/mol. The molecule has 0 aromatic heterocycles. The Kier molecular flexibility index (Phi) is 4.02. The molecule has 0 saturated heterocycles. The first kappa shape index (κ1) is 12.4. The normalized spacial score (nSPS) is 19.4. The standard InChI is InChI=1S/C14H22N2O/c1-3-16(4-2)10-13-7-12-8-14(17)6-5-11(12)9-15-13/h5-6,8,13,15,17H,3-4,7,9-10H2,1-2H3. The van der Waals surface area contributed by atoms with E-state index in [0.29, 0.717) is 11.8 Å². The molecule has 1 unspecified atom stereocenters. The Labute approximate surface area is 103 Å². The Morgan fingerprint density at radius 2 is 2.06 bits per heavy atom. The van der Waals surface area contributed by atoms with Gasteiger partial charge in [0, 0.05) is 19.1 Å². The molecule has 3 nitrogen and oxygen atoms in total. The Bertz CT molecular complexity index is 374. The van der Waals surface area contributed by atoms with Crippen molar-refractivity contribution in [2.24, 2.45) is 0 Å². The number of hydrogen-bond donors (Lipinski definition) is 2. The van der Waals surface area contributed by atoms with Gasteiger partial charge in [0.15, 0.2) is 0 Å². The van der Waals surface area contributed by atoms with Gasteiger partial charge in [-0.15, -0.1) is 0 Å². The molecule has 0 amide bonds. The van der Waals surface area contributed by atoms with Crippen LogP contribution < -0.4 is 5.32 Å². The molecular formula is C14H22N2O. The zero-order valence-electron chi connectivity index (χ0n) is 10.7. The molecule has 3 heteroatoms. The number of nitrogens with zero attached hydrogens (tertiary/aromatic N) is 1. The lowest BCUT2D eigenvalue weighted by Crippen LogP contribution is -2.44. The third-order valence-corrected chi connectivity index (χ3v) is 3.61. The summed E-state index contributed by atoms with van der Waals surface area (Å²) in [6, 6.07) is 6.20. The maximum absolute atomic E-state index is 9.52. The van der Waals surface area contributed by atoms with Crippen molar-refractivity contribution in [2.75, 3.05) is 19.6 Å². The van der Waals surface area contributed by atoms with Crippen molar-refractivity contribution < 1.29 is 5.11 Å². The lowest BCUT2D eigenvalue weighted by Gasteiger charge is -2.30. The van der Waals surface area contributed by atoms with Crippen molar-refractivity contribution in [3.63, 3.8) is 0 Å². The highest BCUT2D eigenvalue weighted by Gasteiger charge is 2.19. The predicted molar refractivity (Wildman–Crippen MR) is 70.2 cm³/mol. The number of rotatable bonds is 4. The molecule has 17 heavy (non-hydrogen) atoms. The number of aromatic hydroxyl groups is 1. The van der Waals surface area contributed by atoms with Gasteiger partial charge in [-0.25, -0.2) is 0 Å². The number of likely N-dealkylation sites (N-methyl/N-ethyl adjacent to an activating group) is 1. The minimum Gasteiger partial charge on any atom is -0.508 e. The molecule has 0 bridgehead atoms. The molecule has 1 aromatic rings. The van der Waals surface area contributed by atoms with Gasteiger partial charge >= 0.3 is 0 Å². The molecule has 0 fully saturated rings. The quantitative estimate of drug-likeness (QED) is 0.833. The second-order valence-electron chi connectivity index (χ2n) is 4.72. The third kappa shape index (κ3) is 2.99. The van der Waals surface area contributed by atoms with Crippen molar-refractivity contribution in [2.45, 2.75) is 32.9 Å². The summed E-state index contributed by atoms with van der Waals surface area (Å²) in [5.41, 5.74) is 2.61. The number of phenolic OH excluding ortho intramolecular Hbond substituents is 1. The predicted octanol–water partition coefficient (Wildman–Crippen LogP) is 1.75. The van der Waals surface area contributed by atoms with E-state index in [0.717, 1.165) is 32.6 Å². The second kappa shape index (κ2) is 5.52. The molecule has 1 aliphatic rings. The van der Waals surface area contributed by atoms with Crippen LogP contribution in [0.2, 0.25) is 0 Å². The van der Waals surface area contributed by atoms with Gasteiger partial charge in [-0.3, -0.25) is 0 Å². The van der Waals surface area contributed by atoms with Gasteiger partial charge in [0.2, 0.25) is 0 Å². The van der Waals surface area contributed by atoms with Crippen molar-refractivity contribution in [3.8, 4) is 5.75 Å². The number of phenols is 1. The molecule has 2 N–H and O–H groups in total. The fraction of sp³-hybridized carbons (Fsp3) is 0.571. The largest absolute Gasteiger partial charge is 0.508 e. The van der Waals surface area contributed by atoms with Gasteiger partial charge < -0.3 is 15.3 Å². The minimum atomic E-state index is 0.382. The number of benzene rings is 1. The molecule has 0 aliphatic carbocycles. The van der Waals surface area contributed by atoms with E-state index in [1.165, 1.54) is 11.1 Å². The molecule has 1 heterocycles. The van der Waals surface area contributed by atoms with Crippen LogP contribution in [0.5, 0.6) is 5.75 Å². The lowest BCUT2D eigenvalue weighted by molar-refractivity contribution is 0.257. The average Bonchev–Trinajstić information content (AvgIpc) is 2.35. The second-order valence-corrected chi connectivity index (χ2v) is 4.72. The maximum atomic E-state index is 9.52. The van der Waals surface area contributed by atoms with E-state index >= 15 is 0 Å². The molecule has 0 saturated carbocycles. The zero-order valence-corrected chi connectivity index (χ0v) is 10.7. The summed E-state index contributed by atoms with van der Waals surface area (Å²) >= 11 is 0. The first-order valence-electron chi connectivity index (χ1n) is 6.49. The topological polar surface area (TPSA) is 35.5 Å². The van der Waals surface area contributed by atoms with Crippen LogP contribution in [-0.4, -0.2) is 35.7 Å². The molecule has 0 spiro atoms. The smallest absolute Gasteiger partial charge is 0.115 e. The number of nitrogens with one attached hydrogen (secondary N) is 1. The molecule has 1 aliphatic heterocycles. The van der Waals surface area contributed by atoms with E-state index in [1.807, 2.05) is 12.1 Å². The van der Waals surface area contributed by atoms with Crippen molar-refractivity contribution in [3.05, 3.63) is 29.3 Å². The molecule has 1 atom stereocenters. The highest BCUT2D eigenvalue weighted by molar-refractivity contribution is 5.36. The van der Waals surface area contributed by atoms with Gasteiger partial charge in [-0.05, 0) is 42.8 Å². The van der Waals surface area contributed by atoms with E-state index in [9.17, 15) is 5.11 Å². The summed E-state index contributed by atoms with van der Waals surface area (Å²) in [7, 11) is 0. The SMILES string of the molecule is CCN(CC)CC1Cc2cc(O)ccc2CN1. The van der Waals surface area contributed by atoms with Gasteiger partial charge in [-0.1, -0.05) is 19.9 Å². The Balaban J connectivity index is 2.02. The first-order valence-corrected chi connectivity index (χ1v) is 6.49. The molecular weight excluding hydrogens is 212 g/mol. The van der Waals surface area contributed by atoms with Crippen LogP contribution in [0, 0.1) is 0 Å². The van der Waals surface area contributed by atoms with E-state index in [2.05, 4.69) is 24.1 Å². The van der Waals surface area contributed by atoms with Crippen molar-refractivity contribution in [1.29, 1.82) is 0 Å². The van der Waals surface area contributed by atoms with Crippen LogP contribution in [0.25, 0.3) is 0 Å². The summed E-state index contributed by atoms with van der Waals surface area (Å²) in [6.45, 7) is 8.60. The Morgan fingerprint density at radius 3 is 2.76 bits per heavy atom. The van der Waals surface area contributed by atoms with Crippen LogP contribution in [0.3, 0.4) is 0 Å². The van der Waals surface area contributed by atoms with E-state index in [1.54, 1.807) is 6.07 Å². The Morgan fingerprint density at radius 1 is 1.29 bits per heavy atom. The zero-order chi connectivity index (χ0) is 12.3. The summed E-state index contributed by atoms with van der Waals surface area (Å²) in [4.78, 5) is 2.44. The minimum absolute atomic E-state index is 0.382. The van der Waals surface area contributed by atoms with Crippen LogP contribution in [0.1, 0.15) is 25.0 Å². The van der Waals surface area contributed by atoms with E-state index in [-0.39, 0.29) is 0 Å². The summed E-state index contributed by atoms with van der Waals surface area (Å²) in [5.74, 6) is 0.382. The van der Waals surface area contributed by atoms with Crippen LogP contribution in [0.4, 0.5) is 0 Å². The molecule has 94 valence electrons. The monoisotopic (exact) mass is 234 g/mol. The van der Waals surface area contributed by atoms with Gasteiger partial charge in [0.05, 0.1) is 0 Å². The Hall–Kier alpha value is -1.06. The van der Waals surface area contributed by atoms with E-state index < -0.39 is 0 Å². The van der Waals surface area contributed by atoms with Gasteiger partial charge in [0.1, 0.15) is 5.75 Å². The van der Waals surface area contributed by atoms with Crippen molar-refractivity contribution >= 4 is 0 Å². The summed E-state index contributed by atoms with van der Waals surface area (Å²) < 4.78 is 0. The molecule has 2 rings (SSSR count).